The van der Waals surface area contributed by atoms with Crippen LogP contribution in [0.15, 0.2) is 60.7 Å². The predicted octanol–water partition coefficient (Wildman–Crippen LogP) is 6.37. The summed E-state index contributed by atoms with van der Waals surface area (Å²) in [6.45, 7) is 0.636. The van der Waals surface area contributed by atoms with Crippen LogP contribution in [0.5, 0.6) is 0 Å². The van der Waals surface area contributed by atoms with Gasteiger partial charge < -0.3 is 22.4 Å². The largest absolute Gasteiger partial charge is 0.509 e. The molecule has 0 spiro atoms. The second-order valence-corrected chi connectivity index (χ2v) is 9.77. The van der Waals surface area contributed by atoms with Gasteiger partial charge in [-0.15, -0.1) is 5.46 Å². The molecule has 9 heteroatoms. The van der Waals surface area contributed by atoms with Gasteiger partial charge in [-0.1, -0.05) is 60.2 Å². The number of nitrogens with one attached hydrogen (secondary N) is 1. The van der Waals surface area contributed by atoms with Gasteiger partial charge >= 0.3 is 19.0 Å². The second-order valence-electron chi connectivity index (χ2n) is 9.77. The maximum absolute atomic E-state index is 13.7. The SMILES string of the molecule is Cc1c(NC(=O)OCC2c3ccccc3-c3ccccc32)cc(C(=O)OC(C)(C)C)cc1[B-](F)(F)F. The number of carbonyl (C=O) groups excluding carboxylic acids is 2. The van der Waals surface area contributed by atoms with Gasteiger partial charge in [0.1, 0.15) is 12.2 Å². The van der Waals surface area contributed by atoms with E-state index in [4.69, 9.17) is 9.47 Å². The zero-order chi connectivity index (χ0) is 26.3. The van der Waals surface area contributed by atoms with Gasteiger partial charge in [0.05, 0.1) is 5.56 Å². The van der Waals surface area contributed by atoms with E-state index in [9.17, 15) is 22.5 Å². The van der Waals surface area contributed by atoms with E-state index in [1.807, 2.05) is 48.5 Å². The lowest BCUT2D eigenvalue weighted by atomic mass is 9.75. The van der Waals surface area contributed by atoms with Crippen LogP contribution in [-0.2, 0) is 9.47 Å². The highest BCUT2D eigenvalue weighted by Crippen LogP contribution is 2.44. The normalized spacial score (nSPS) is 13.1. The number of halogens is 3. The summed E-state index contributed by atoms with van der Waals surface area (Å²) in [5.74, 6) is -1.12. The van der Waals surface area contributed by atoms with Crippen LogP contribution in [0.25, 0.3) is 11.1 Å². The maximum atomic E-state index is 13.7. The number of fused-ring (bicyclic) bond motifs is 3. The molecule has 0 saturated carbocycles. The van der Waals surface area contributed by atoms with Crippen LogP contribution in [-0.4, -0.2) is 31.2 Å². The molecule has 1 aliphatic carbocycles. The first-order valence-corrected chi connectivity index (χ1v) is 11.5. The molecule has 1 N–H and O–H groups in total. The van der Waals surface area contributed by atoms with Crippen molar-refractivity contribution in [1.29, 1.82) is 0 Å². The molecule has 0 unspecified atom stereocenters. The molecule has 36 heavy (non-hydrogen) atoms. The number of hydrogen-bond acceptors (Lipinski definition) is 4. The van der Waals surface area contributed by atoms with E-state index in [2.05, 4.69) is 5.32 Å². The summed E-state index contributed by atoms with van der Waals surface area (Å²) < 4.78 is 51.9. The molecule has 3 aromatic carbocycles. The molecule has 0 aliphatic heterocycles. The molecule has 5 nitrogen and oxygen atoms in total. The lowest BCUT2D eigenvalue weighted by Gasteiger charge is -2.24. The molecule has 0 saturated heterocycles. The van der Waals surface area contributed by atoms with Gasteiger partial charge in [-0.3, -0.25) is 5.32 Å². The second kappa shape index (κ2) is 9.37. The van der Waals surface area contributed by atoms with Crippen LogP contribution >= 0.6 is 0 Å². The van der Waals surface area contributed by atoms with Gasteiger partial charge in [-0.2, -0.15) is 0 Å². The number of carbonyl (C=O) groups is 2. The third kappa shape index (κ3) is 5.25. The number of amides is 1. The first kappa shape index (κ1) is 25.4. The number of hydrogen-bond donors (Lipinski definition) is 1. The van der Waals surface area contributed by atoms with Crippen molar-refractivity contribution in [3.05, 3.63) is 82.9 Å². The Morgan fingerprint density at radius 1 is 0.944 bits per heavy atom. The molecule has 188 valence electrons. The van der Waals surface area contributed by atoms with Gasteiger partial charge in [-0.25, -0.2) is 9.59 Å². The van der Waals surface area contributed by atoms with Crippen LogP contribution in [0.4, 0.5) is 23.4 Å². The van der Waals surface area contributed by atoms with Crippen molar-refractivity contribution >= 4 is 30.2 Å². The van der Waals surface area contributed by atoms with Crippen molar-refractivity contribution in [3.63, 3.8) is 0 Å². The Kier molecular flexibility index (Phi) is 6.60. The molecule has 1 aliphatic rings. The summed E-state index contributed by atoms with van der Waals surface area (Å²) in [5, 5.41) is 2.39. The summed E-state index contributed by atoms with van der Waals surface area (Å²) in [7, 11) is 0. The van der Waals surface area contributed by atoms with Crippen LogP contribution in [0.1, 0.15) is 53.7 Å². The fourth-order valence-corrected chi connectivity index (χ4v) is 4.41. The molecule has 1 amide bonds. The lowest BCUT2D eigenvalue weighted by molar-refractivity contribution is 0.00695. The summed E-state index contributed by atoms with van der Waals surface area (Å²) in [6.07, 6.45) is -0.915. The highest BCUT2D eigenvalue weighted by molar-refractivity contribution is 6.74. The average Bonchev–Trinajstić information content (AvgIpc) is 3.11. The number of esters is 1. The molecule has 0 bridgehead atoms. The molecular formula is C27H26BF3NO4-. The third-order valence-corrected chi connectivity index (χ3v) is 6.02. The van der Waals surface area contributed by atoms with Crippen molar-refractivity contribution in [2.45, 2.75) is 39.2 Å². The van der Waals surface area contributed by atoms with Gasteiger partial charge in [0.15, 0.2) is 0 Å². The Labute approximate surface area is 207 Å². The third-order valence-electron chi connectivity index (χ3n) is 6.02. The van der Waals surface area contributed by atoms with E-state index in [0.717, 1.165) is 28.3 Å². The minimum atomic E-state index is -5.45. The molecule has 3 aromatic rings. The molecule has 0 atom stereocenters. The molecule has 0 fully saturated rings. The molecule has 4 rings (SSSR count). The smallest absolute Gasteiger partial charge is 0.456 e. The fourth-order valence-electron chi connectivity index (χ4n) is 4.41. The first-order chi connectivity index (χ1) is 16.8. The summed E-state index contributed by atoms with van der Waals surface area (Å²) >= 11 is 0. The van der Waals surface area contributed by atoms with E-state index in [0.29, 0.717) is 0 Å². The van der Waals surface area contributed by atoms with Crippen LogP contribution in [0.2, 0.25) is 0 Å². The summed E-state index contributed by atoms with van der Waals surface area (Å²) in [4.78, 5) is 25.2. The summed E-state index contributed by atoms with van der Waals surface area (Å²) in [6, 6.07) is 17.6. The predicted molar refractivity (Wildman–Crippen MR) is 134 cm³/mol. The van der Waals surface area contributed by atoms with Crippen molar-refractivity contribution in [1.82, 2.24) is 0 Å². The standard InChI is InChI=1S/C27H26BF3NO4/c1-16-23(28(29,30)31)13-17(25(33)36-27(2,3)4)14-24(16)32-26(34)35-15-22-20-11-7-5-9-18(20)19-10-6-8-12-21(19)22/h5-14,22H,15H2,1-4H3,(H,32,34)/q-1. The number of benzene rings is 3. The van der Waals surface area contributed by atoms with Crippen molar-refractivity contribution < 1.29 is 32.0 Å². The summed E-state index contributed by atoms with van der Waals surface area (Å²) in [5.41, 5.74) is 1.58. The first-order valence-electron chi connectivity index (χ1n) is 11.5. The Hall–Kier alpha value is -3.75. The van der Waals surface area contributed by atoms with Gasteiger partial charge in [0, 0.05) is 11.6 Å². The van der Waals surface area contributed by atoms with Gasteiger partial charge in [0.2, 0.25) is 0 Å². The number of rotatable bonds is 5. The zero-order valence-corrected chi connectivity index (χ0v) is 20.4. The van der Waals surface area contributed by atoms with Gasteiger partial charge in [-0.05, 0) is 56.0 Å². The van der Waals surface area contributed by atoms with Crippen molar-refractivity contribution in [2.75, 3.05) is 11.9 Å². The molecule has 0 aromatic heterocycles. The van der Waals surface area contributed by atoms with Crippen LogP contribution in [0, 0.1) is 6.92 Å². The molecule has 0 heterocycles. The minimum absolute atomic E-state index is 0.000724. The average molecular weight is 496 g/mol. The monoisotopic (exact) mass is 496 g/mol. The van der Waals surface area contributed by atoms with E-state index in [1.54, 1.807) is 20.8 Å². The highest BCUT2D eigenvalue weighted by atomic mass is 19.4. The van der Waals surface area contributed by atoms with E-state index < -0.39 is 30.1 Å². The Morgan fingerprint density at radius 2 is 1.50 bits per heavy atom. The van der Waals surface area contributed by atoms with Gasteiger partial charge in [0.25, 0.3) is 0 Å². The number of ether oxygens (including phenoxy) is 2. The molecular weight excluding hydrogens is 470 g/mol. The van der Waals surface area contributed by atoms with Crippen LogP contribution < -0.4 is 10.8 Å². The Balaban J connectivity index is 1.56. The van der Waals surface area contributed by atoms with Crippen LogP contribution in [0.3, 0.4) is 0 Å². The quantitative estimate of drug-likeness (QED) is 0.330. The fraction of sp³-hybridized carbons (Fsp3) is 0.259. The topological polar surface area (TPSA) is 64.6 Å². The minimum Gasteiger partial charge on any atom is -0.456 e. The van der Waals surface area contributed by atoms with E-state index >= 15 is 0 Å². The van der Waals surface area contributed by atoms with Crippen molar-refractivity contribution in [3.8, 4) is 11.1 Å². The van der Waals surface area contributed by atoms with E-state index in [1.165, 1.54) is 13.0 Å². The Morgan fingerprint density at radius 3 is 2.03 bits per heavy atom. The zero-order valence-electron chi connectivity index (χ0n) is 20.4. The number of anilines is 1. The van der Waals surface area contributed by atoms with Crippen molar-refractivity contribution in [2.24, 2.45) is 0 Å². The van der Waals surface area contributed by atoms with E-state index in [-0.39, 0.29) is 29.3 Å². The highest BCUT2D eigenvalue weighted by Gasteiger charge is 2.32. The Bertz CT molecular complexity index is 1290. The molecule has 0 radical (unpaired) electrons. The maximum Gasteiger partial charge on any atom is 0.509 e. The lowest BCUT2D eigenvalue weighted by Crippen LogP contribution is -2.38.